The third-order valence-corrected chi connectivity index (χ3v) is 2.77. The number of pyridine rings is 1. The first-order valence-electron chi connectivity index (χ1n) is 6.25. The van der Waals surface area contributed by atoms with Gasteiger partial charge in [-0.3, -0.25) is 0 Å². The summed E-state index contributed by atoms with van der Waals surface area (Å²) in [5.41, 5.74) is 0.744. The second-order valence-electron chi connectivity index (χ2n) is 3.89. The number of nitrogens with one attached hydrogen (secondary N) is 1. The van der Waals surface area contributed by atoms with E-state index in [1.54, 1.807) is 7.11 Å². The summed E-state index contributed by atoms with van der Waals surface area (Å²) < 4.78 is 15.7. The van der Waals surface area contributed by atoms with Crippen molar-refractivity contribution in [3.63, 3.8) is 0 Å². The molecule has 0 spiro atoms. The number of halogens is 1. The van der Waals surface area contributed by atoms with Crippen LogP contribution in [0.15, 0.2) is 12.1 Å². The summed E-state index contributed by atoms with van der Waals surface area (Å²) in [6, 6.07) is 3.64. The second kappa shape index (κ2) is 9.97. The fourth-order valence-corrected chi connectivity index (χ4v) is 1.56. The van der Waals surface area contributed by atoms with E-state index in [1.807, 2.05) is 19.2 Å². The molecule has 19 heavy (non-hydrogen) atoms. The lowest BCUT2D eigenvalue weighted by atomic mass is 10.3. The lowest BCUT2D eigenvalue weighted by molar-refractivity contribution is 0.0478. The van der Waals surface area contributed by atoms with Gasteiger partial charge in [-0.25, -0.2) is 4.98 Å². The Morgan fingerprint density at radius 2 is 1.95 bits per heavy atom. The minimum atomic E-state index is 0.409. The number of nitrogens with zero attached hydrogens (tertiary/aromatic N) is 1. The molecular weight excluding hydrogens is 268 g/mol. The minimum absolute atomic E-state index is 0.409. The van der Waals surface area contributed by atoms with E-state index in [2.05, 4.69) is 10.3 Å². The average molecular weight is 289 g/mol. The molecule has 0 radical (unpaired) electrons. The number of aromatic nitrogens is 1. The Morgan fingerprint density at radius 1 is 1.16 bits per heavy atom. The Hall–Kier alpha value is -0.880. The average Bonchev–Trinajstić information content (AvgIpc) is 2.43. The van der Waals surface area contributed by atoms with Crippen LogP contribution in [-0.2, 0) is 20.8 Å². The molecule has 0 atom stereocenters. The molecule has 6 heteroatoms. The number of rotatable bonds is 10. The van der Waals surface area contributed by atoms with E-state index in [9.17, 15) is 0 Å². The fourth-order valence-electron chi connectivity index (χ4n) is 1.40. The molecule has 0 amide bonds. The van der Waals surface area contributed by atoms with Gasteiger partial charge in [0, 0.05) is 27.4 Å². The number of hydrogen-bond acceptors (Lipinski definition) is 5. The highest BCUT2D eigenvalue weighted by Crippen LogP contribution is 2.17. The van der Waals surface area contributed by atoms with Gasteiger partial charge in [0.15, 0.2) is 0 Å². The van der Waals surface area contributed by atoms with Crippen molar-refractivity contribution in [1.29, 1.82) is 0 Å². The monoisotopic (exact) mass is 288 g/mol. The Balaban J connectivity index is 2.15. The van der Waals surface area contributed by atoms with E-state index in [0.29, 0.717) is 38.1 Å². The van der Waals surface area contributed by atoms with Crippen LogP contribution in [0.4, 0.5) is 5.82 Å². The molecule has 0 bridgehead atoms. The van der Waals surface area contributed by atoms with Crippen LogP contribution in [-0.4, -0.2) is 45.6 Å². The van der Waals surface area contributed by atoms with Crippen molar-refractivity contribution < 1.29 is 14.2 Å². The maximum Gasteiger partial charge on any atom is 0.126 e. The van der Waals surface area contributed by atoms with Crippen LogP contribution in [0.3, 0.4) is 0 Å². The largest absolute Gasteiger partial charge is 0.382 e. The summed E-state index contributed by atoms with van der Waals surface area (Å²) in [7, 11) is 3.47. The molecule has 0 saturated heterocycles. The lowest BCUT2D eigenvalue weighted by Gasteiger charge is -2.08. The van der Waals surface area contributed by atoms with E-state index in [4.69, 9.17) is 25.8 Å². The van der Waals surface area contributed by atoms with Crippen molar-refractivity contribution in [2.45, 2.75) is 13.0 Å². The second-order valence-corrected chi connectivity index (χ2v) is 4.29. The van der Waals surface area contributed by atoms with Crippen LogP contribution in [0, 0.1) is 0 Å². The zero-order valence-electron chi connectivity index (χ0n) is 11.4. The summed E-state index contributed by atoms with van der Waals surface area (Å²) in [5, 5.41) is 3.59. The fraction of sp³-hybridized carbons (Fsp3) is 0.615. The van der Waals surface area contributed by atoms with E-state index in [1.165, 1.54) is 0 Å². The van der Waals surface area contributed by atoms with Gasteiger partial charge in [-0.1, -0.05) is 11.6 Å². The minimum Gasteiger partial charge on any atom is -0.382 e. The van der Waals surface area contributed by atoms with Gasteiger partial charge in [-0.05, 0) is 18.6 Å². The van der Waals surface area contributed by atoms with Gasteiger partial charge in [0.05, 0.1) is 30.5 Å². The van der Waals surface area contributed by atoms with Crippen LogP contribution in [0.1, 0.15) is 12.1 Å². The third kappa shape index (κ3) is 6.73. The molecule has 0 fully saturated rings. The molecule has 0 saturated carbocycles. The van der Waals surface area contributed by atoms with Gasteiger partial charge in [0.1, 0.15) is 5.82 Å². The quantitative estimate of drug-likeness (QED) is 0.670. The van der Waals surface area contributed by atoms with E-state index >= 15 is 0 Å². The Kier molecular flexibility index (Phi) is 8.49. The number of hydrogen-bond donors (Lipinski definition) is 1. The lowest BCUT2D eigenvalue weighted by Crippen LogP contribution is -2.06. The molecular formula is C13H21ClN2O3. The number of ether oxygens (including phenoxy) is 3. The van der Waals surface area contributed by atoms with Gasteiger partial charge >= 0.3 is 0 Å². The zero-order valence-corrected chi connectivity index (χ0v) is 12.2. The standard InChI is InChI=1S/C13H21ClN2O3/c1-15-13-5-4-11(14)12(16-13)10-19-7-3-6-18-9-8-17-2/h4-5H,3,6-10H2,1-2H3,(H,15,16). The van der Waals surface area contributed by atoms with Crippen molar-refractivity contribution in [3.05, 3.63) is 22.8 Å². The molecule has 1 rings (SSSR count). The van der Waals surface area contributed by atoms with Gasteiger partial charge in [0.25, 0.3) is 0 Å². The molecule has 0 aliphatic carbocycles. The van der Waals surface area contributed by atoms with Crippen molar-refractivity contribution in [3.8, 4) is 0 Å². The highest BCUT2D eigenvalue weighted by atomic mass is 35.5. The molecule has 0 aliphatic rings. The summed E-state index contributed by atoms with van der Waals surface area (Å²) in [5.74, 6) is 0.783. The van der Waals surface area contributed by atoms with Crippen LogP contribution in [0.2, 0.25) is 5.02 Å². The van der Waals surface area contributed by atoms with Crippen molar-refractivity contribution >= 4 is 17.4 Å². The highest BCUT2D eigenvalue weighted by molar-refractivity contribution is 6.31. The number of anilines is 1. The summed E-state index contributed by atoms with van der Waals surface area (Å²) >= 11 is 6.04. The first-order chi connectivity index (χ1) is 9.27. The van der Waals surface area contributed by atoms with Gasteiger partial charge in [-0.15, -0.1) is 0 Å². The molecule has 108 valence electrons. The third-order valence-electron chi connectivity index (χ3n) is 2.42. The molecule has 1 aromatic rings. The van der Waals surface area contributed by atoms with Crippen LogP contribution in [0.25, 0.3) is 0 Å². The van der Waals surface area contributed by atoms with Gasteiger partial charge in [-0.2, -0.15) is 0 Å². The Bertz CT molecular complexity index is 364. The molecule has 1 heterocycles. The molecule has 0 unspecified atom stereocenters. The molecule has 0 aliphatic heterocycles. The molecule has 5 nitrogen and oxygen atoms in total. The van der Waals surface area contributed by atoms with Crippen LogP contribution < -0.4 is 5.32 Å². The Labute approximate surface area is 119 Å². The maximum absolute atomic E-state index is 6.04. The number of methoxy groups -OCH3 is 1. The van der Waals surface area contributed by atoms with Crippen LogP contribution in [0.5, 0.6) is 0 Å². The molecule has 1 N–H and O–H groups in total. The molecule has 1 aromatic heterocycles. The Morgan fingerprint density at radius 3 is 2.68 bits per heavy atom. The molecule has 0 aromatic carbocycles. The first-order valence-corrected chi connectivity index (χ1v) is 6.63. The SMILES string of the molecule is CNc1ccc(Cl)c(COCCCOCCOC)n1. The van der Waals surface area contributed by atoms with E-state index in [0.717, 1.165) is 17.9 Å². The van der Waals surface area contributed by atoms with Crippen molar-refractivity contribution in [2.24, 2.45) is 0 Å². The van der Waals surface area contributed by atoms with Crippen molar-refractivity contribution in [2.75, 3.05) is 45.9 Å². The predicted octanol–water partition coefficient (Wildman–Crippen LogP) is 2.35. The van der Waals surface area contributed by atoms with Crippen LogP contribution >= 0.6 is 11.6 Å². The summed E-state index contributed by atoms with van der Waals surface area (Å²) in [6.45, 7) is 2.94. The first kappa shape index (κ1) is 16.2. The maximum atomic E-state index is 6.04. The smallest absolute Gasteiger partial charge is 0.126 e. The summed E-state index contributed by atoms with van der Waals surface area (Å²) in [4.78, 5) is 4.33. The van der Waals surface area contributed by atoms with Crippen molar-refractivity contribution in [1.82, 2.24) is 4.98 Å². The topological polar surface area (TPSA) is 52.6 Å². The van der Waals surface area contributed by atoms with E-state index in [-0.39, 0.29) is 0 Å². The van der Waals surface area contributed by atoms with E-state index < -0.39 is 0 Å². The summed E-state index contributed by atoms with van der Waals surface area (Å²) in [6.07, 6.45) is 0.840. The zero-order chi connectivity index (χ0) is 13.9. The highest BCUT2D eigenvalue weighted by Gasteiger charge is 2.03. The normalized spacial score (nSPS) is 10.7. The van der Waals surface area contributed by atoms with Gasteiger partial charge in [0.2, 0.25) is 0 Å². The van der Waals surface area contributed by atoms with Gasteiger partial charge < -0.3 is 19.5 Å². The predicted molar refractivity (Wildman–Crippen MR) is 75.8 cm³/mol.